The van der Waals surface area contributed by atoms with Gasteiger partial charge in [-0.1, -0.05) is 0 Å². The van der Waals surface area contributed by atoms with Crippen LogP contribution in [-0.2, 0) is 6.18 Å². The van der Waals surface area contributed by atoms with Crippen LogP contribution in [0.25, 0.3) is 0 Å². The summed E-state index contributed by atoms with van der Waals surface area (Å²) < 4.78 is 58.6. The number of carbonyl (C=O) groups is 1. The second-order valence-corrected chi connectivity index (χ2v) is 6.14. The third-order valence-electron chi connectivity index (χ3n) is 4.11. The van der Waals surface area contributed by atoms with E-state index in [-0.39, 0.29) is 23.7 Å². The van der Waals surface area contributed by atoms with Crippen LogP contribution >= 0.6 is 0 Å². The molecule has 1 amide bonds. The highest BCUT2D eigenvalue weighted by molar-refractivity contribution is 6.04. The van der Waals surface area contributed by atoms with Gasteiger partial charge in [-0.05, 0) is 37.1 Å². The number of halogens is 4. The van der Waals surface area contributed by atoms with Crippen molar-refractivity contribution in [1.29, 1.82) is 0 Å². The molecule has 1 aliphatic rings. The molecule has 1 aliphatic heterocycles. The molecule has 0 bridgehead atoms. The van der Waals surface area contributed by atoms with Crippen LogP contribution in [0, 0.1) is 5.95 Å². The van der Waals surface area contributed by atoms with Gasteiger partial charge in [0.25, 0.3) is 5.91 Å². The van der Waals surface area contributed by atoms with E-state index in [0.717, 1.165) is 38.1 Å². The number of benzene rings is 1. The average molecular weight is 383 g/mol. The maximum absolute atomic E-state index is 13.6. The normalized spacial score (nSPS) is 15.0. The van der Waals surface area contributed by atoms with Crippen molar-refractivity contribution < 1.29 is 27.1 Å². The molecule has 2 heterocycles. The fraction of sp³-hybridized carbons (Fsp3) is 0.333. The van der Waals surface area contributed by atoms with E-state index in [1.54, 1.807) is 0 Å². The summed E-state index contributed by atoms with van der Waals surface area (Å²) >= 11 is 0. The Morgan fingerprint density at radius 3 is 2.63 bits per heavy atom. The summed E-state index contributed by atoms with van der Waals surface area (Å²) in [5.74, 6) is -1.93. The first-order valence-corrected chi connectivity index (χ1v) is 8.32. The molecule has 1 saturated heterocycles. The van der Waals surface area contributed by atoms with Crippen LogP contribution in [0.5, 0.6) is 5.75 Å². The number of hydrogen-bond donors (Lipinski definition) is 1. The van der Waals surface area contributed by atoms with Crippen molar-refractivity contribution in [2.45, 2.75) is 19.0 Å². The summed E-state index contributed by atoms with van der Waals surface area (Å²) in [7, 11) is 0. The number of nitrogens with zero attached hydrogens (tertiary/aromatic N) is 2. The van der Waals surface area contributed by atoms with E-state index < -0.39 is 23.6 Å². The minimum absolute atomic E-state index is 0.0290. The van der Waals surface area contributed by atoms with Crippen molar-refractivity contribution in [3.63, 3.8) is 0 Å². The first-order chi connectivity index (χ1) is 12.8. The van der Waals surface area contributed by atoms with E-state index in [9.17, 15) is 22.4 Å². The Labute approximate surface area is 153 Å². The van der Waals surface area contributed by atoms with Gasteiger partial charge in [-0.15, -0.1) is 0 Å². The molecular weight excluding hydrogens is 366 g/mol. The SMILES string of the molecule is O=C(Nc1cc(OCN2CCCC2)cc(C(F)(F)F)c1)c1cccnc1F. The topological polar surface area (TPSA) is 54.5 Å². The van der Waals surface area contributed by atoms with Crippen molar-refractivity contribution in [3.05, 3.63) is 53.6 Å². The first-order valence-electron chi connectivity index (χ1n) is 8.32. The van der Waals surface area contributed by atoms with Crippen LogP contribution in [0.2, 0.25) is 0 Å². The maximum Gasteiger partial charge on any atom is 0.416 e. The lowest BCUT2D eigenvalue weighted by Gasteiger charge is -2.18. The molecule has 0 spiro atoms. The fourth-order valence-corrected chi connectivity index (χ4v) is 2.75. The number of likely N-dealkylation sites (tertiary alicyclic amines) is 1. The third kappa shape index (κ3) is 4.94. The Bertz CT molecular complexity index is 820. The molecule has 3 rings (SSSR count). The molecule has 5 nitrogen and oxygen atoms in total. The van der Waals surface area contributed by atoms with Gasteiger partial charge in [0.1, 0.15) is 12.5 Å². The highest BCUT2D eigenvalue weighted by Crippen LogP contribution is 2.34. The summed E-state index contributed by atoms with van der Waals surface area (Å²) in [6.07, 6.45) is -1.42. The van der Waals surface area contributed by atoms with E-state index in [1.165, 1.54) is 24.4 Å². The van der Waals surface area contributed by atoms with Crippen LogP contribution in [0.4, 0.5) is 23.2 Å². The van der Waals surface area contributed by atoms with Crippen molar-refractivity contribution >= 4 is 11.6 Å². The van der Waals surface area contributed by atoms with Gasteiger partial charge in [-0.25, -0.2) is 4.98 Å². The van der Waals surface area contributed by atoms with Crippen LogP contribution in [-0.4, -0.2) is 35.6 Å². The van der Waals surface area contributed by atoms with Crippen molar-refractivity contribution in [1.82, 2.24) is 9.88 Å². The Hall–Kier alpha value is -2.68. The number of hydrogen-bond acceptors (Lipinski definition) is 4. The van der Waals surface area contributed by atoms with Gasteiger partial charge < -0.3 is 10.1 Å². The number of nitrogens with one attached hydrogen (secondary N) is 1. The van der Waals surface area contributed by atoms with Crippen LogP contribution in [0.1, 0.15) is 28.8 Å². The fourth-order valence-electron chi connectivity index (χ4n) is 2.75. The van der Waals surface area contributed by atoms with Gasteiger partial charge in [-0.3, -0.25) is 9.69 Å². The number of anilines is 1. The third-order valence-corrected chi connectivity index (χ3v) is 4.11. The zero-order valence-electron chi connectivity index (χ0n) is 14.2. The monoisotopic (exact) mass is 383 g/mol. The van der Waals surface area contributed by atoms with E-state index in [1.807, 2.05) is 4.90 Å². The van der Waals surface area contributed by atoms with E-state index >= 15 is 0 Å². The lowest BCUT2D eigenvalue weighted by atomic mass is 10.1. The number of rotatable bonds is 5. The molecule has 2 aromatic rings. The van der Waals surface area contributed by atoms with E-state index in [0.29, 0.717) is 0 Å². The molecular formula is C18H17F4N3O2. The van der Waals surface area contributed by atoms with Crippen LogP contribution < -0.4 is 10.1 Å². The van der Waals surface area contributed by atoms with Gasteiger partial charge in [0, 0.05) is 31.0 Å². The molecule has 144 valence electrons. The van der Waals surface area contributed by atoms with Crippen molar-refractivity contribution in [3.8, 4) is 5.75 Å². The quantitative estimate of drug-likeness (QED) is 0.628. The summed E-state index contributed by atoms with van der Waals surface area (Å²) in [6.45, 7) is 1.80. The highest BCUT2D eigenvalue weighted by Gasteiger charge is 2.32. The average Bonchev–Trinajstić information content (AvgIpc) is 3.13. The van der Waals surface area contributed by atoms with Crippen LogP contribution in [0.3, 0.4) is 0 Å². The molecule has 0 aliphatic carbocycles. The Morgan fingerprint density at radius 1 is 1.22 bits per heavy atom. The largest absolute Gasteiger partial charge is 0.478 e. The number of aromatic nitrogens is 1. The summed E-state index contributed by atoms with van der Waals surface area (Å²) in [4.78, 5) is 17.5. The number of pyridine rings is 1. The predicted octanol–water partition coefficient (Wildman–Crippen LogP) is 3.92. The lowest BCUT2D eigenvalue weighted by molar-refractivity contribution is -0.137. The van der Waals surface area contributed by atoms with Crippen LogP contribution in [0.15, 0.2) is 36.5 Å². The van der Waals surface area contributed by atoms with Gasteiger partial charge >= 0.3 is 6.18 Å². The molecule has 0 saturated carbocycles. The number of alkyl halides is 3. The zero-order valence-corrected chi connectivity index (χ0v) is 14.2. The standard InChI is InChI=1S/C18H17F4N3O2/c19-16-15(4-3-5-23-16)17(26)24-13-8-12(18(20,21)22)9-14(10-13)27-11-25-6-1-2-7-25/h3-5,8-10H,1-2,6-7,11H2,(H,24,26). The predicted molar refractivity (Wildman–Crippen MR) is 89.9 cm³/mol. The second kappa shape index (κ2) is 7.91. The van der Waals surface area contributed by atoms with Crippen molar-refractivity contribution in [2.24, 2.45) is 0 Å². The number of carbonyl (C=O) groups excluding carboxylic acids is 1. The van der Waals surface area contributed by atoms with Gasteiger partial charge in [-0.2, -0.15) is 17.6 Å². The minimum Gasteiger partial charge on any atom is -0.478 e. The molecule has 1 N–H and O–H groups in total. The molecule has 1 fully saturated rings. The molecule has 0 atom stereocenters. The molecule has 0 unspecified atom stereocenters. The van der Waals surface area contributed by atoms with Crippen molar-refractivity contribution in [2.75, 3.05) is 25.1 Å². The molecule has 1 aromatic carbocycles. The van der Waals surface area contributed by atoms with E-state index in [4.69, 9.17) is 4.74 Å². The Morgan fingerprint density at radius 2 is 1.96 bits per heavy atom. The lowest BCUT2D eigenvalue weighted by Crippen LogP contribution is -2.24. The molecule has 1 aromatic heterocycles. The Balaban J connectivity index is 1.81. The second-order valence-electron chi connectivity index (χ2n) is 6.14. The number of ether oxygens (including phenoxy) is 1. The summed E-state index contributed by atoms with van der Waals surface area (Å²) in [5, 5.41) is 2.27. The van der Waals surface area contributed by atoms with Gasteiger partial charge in [0.15, 0.2) is 0 Å². The summed E-state index contributed by atoms with van der Waals surface area (Å²) in [6, 6.07) is 5.47. The molecule has 9 heteroatoms. The maximum atomic E-state index is 13.6. The first kappa shape index (κ1) is 19.1. The zero-order chi connectivity index (χ0) is 19.4. The summed E-state index contributed by atoms with van der Waals surface area (Å²) in [5.41, 5.74) is -1.48. The minimum atomic E-state index is -4.62. The Kier molecular flexibility index (Phi) is 5.59. The van der Waals surface area contributed by atoms with Gasteiger partial charge in [0.05, 0.1) is 11.1 Å². The molecule has 27 heavy (non-hydrogen) atoms. The van der Waals surface area contributed by atoms with Gasteiger partial charge in [0.2, 0.25) is 5.95 Å². The number of amides is 1. The molecule has 0 radical (unpaired) electrons. The highest BCUT2D eigenvalue weighted by atomic mass is 19.4. The van der Waals surface area contributed by atoms with E-state index in [2.05, 4.69) is 10.3 Å². The smallest absolute Gasteiger partial charge is 0.416 e.